The van der Waals surface area contributed by atoms with Crippen LogP contribution in [-0.4, -0.2) is 10.8 Å². The van der Waals surface area contributed by atoms with Gasteiger partial charge in [0.05, 0.1) is 5.69 Å². The highest BCUT2D eigenvalue weighted by atomic mass is 16.1. The summed E-state index contributed by atoms with van der Waals surface area (Å²) in [6, 6.07) is 3.93. The Balaban J connectivity index is 2.10. The molecule has 0 bridgehead atoms. The van der Waals surface area contributed by atoms with E-state index in [1.165, 1.54) is 38.5 Å². The van der Waals surface area contributed by atoms with Crippen LogP contribution in [0, 0.1) is 6.92 Å². The van der Waals surface area contributed by atoms with Crippen LogP contribution in [0.2, 0.25) is 0 Å². The fourth-order valence-electron chi connectivity index (χ4n) is 2.26. The topological polar surface area (TPSA) is 30.0 Å². The van der Waals surface area contributed by atoms with Crippen LogP contribution >= 0.6 is 0 Å². The molecule has 19 heavy (non-hydrogen) atoms. The number of Topliss-reactive ketones (excluding diaryl/α,β-unsaturated/α-hetero) is 1. The predicted molar refractivity (Wildman–Crippen MR) is 80.3 cm³/mol. The maximum absolute atomic E-state index is 11.9. The van der Waals surface area contributed by atoms with Gasteiger partial charge >= 0.3 is 0 Å². The SMILES string of the molecule is CCCCCCCCCC(=O)Cc1ncccc1C. The van der Waals surface area contributed by atoms with E-state index in [2.05, 4.69) is 11.9 Å². The van der Waals surface area contributed by atoms with Crippen LogP contribution in [0.15, 0.2) is 18.3 Å². The Bertz CT molecular complexity index is 373. The van der Waals surface area contributed by atoms with E-state index in [9.17, 15) is 4.79 Å². The minimum atomic E-state index is 0.329. The first-order valence-electron chi connectivity index (χ1n) is 7.66. The van der Waals surface area contributed by atoms with Crippen LogP contribution in [0.1, 0.15) is 69.5 Å². The first-order valence-corrected chi connectivity index (χ1v) is 7.66. The van der Waals surface area contributed by atoms with Gasteiger partial charge in [-0.3, -0.25) is 9.78 Å². The molecular formula is C17H27NO. The lowest BCUT2D eigenvalue weighted by Gasteiger charge is -2.04. The highest BCUT2D eigenvalue weighted by molar-refractivity contribution is 5.80. The molecule has 0 aliphatic heterocycles. The van der Waals surface area contributed by atoms with E-state index in [4.69, 9.17) is 0 Å². The summed E-state index contributed by atoms with van der Waals surface area (Å²) in [6.45, 7) is 4.25. The van der Waals surface area contributed by atoms with Crippen LogP contribution in [0.5, 0.6) is 0 Å². The van der Waals surface area contributed by atoms with E-state index in [1.807, 2.05) is 19.1 Å². The number of pyridine rings is 1. The smallest absolute Gasteiger partial charge is 0.138 e. The zero-order chi connectivity index (χ0) is 13.9. The number of ketones is 1. The zero-order valence-electron chi connectivity index (χ0n) is 12.5. The minimum Gasteiger partial charge on any atom is -0.299 e. The average Bonchev–Trinajstić information content (AvgIpc) is 2.40. The molecule has 0 aliphatic carbocycles. The number of carbonyl (C=O) groups is 1. The van der Waals surface area contributed by atoms with E-state index in [0.717, 1.165) is 17.7 Å². The van der Waals surface area contributed by atoms with Gasteiger partial charge in [-0.05, 0) is 25.0 Å². The van der Waals surface area contributed by atoms with Crippen molar-refractivity contribution in [2.24, 2.45) is 0 Å². The predicted octanol–water partition coefficient (Wildman–Crippen LogP) is 4.64. The Labute approximate surface area is 117 Å². The summed E-state index contributed by atoms with van der Waals surface area (Å²) >= 11 is 0. The van der Waals surface area contributed by atoms with E-state index in [-0.39, 0.29) is 0 Å². The number of carbonyl (C=O) groups excluding carboxylic acids is 1. The van der Waals surface area contributed by atoms with Crippen molar-refractivity contribution in [3.63, 3.8) is 0 Å². The molecule has 0 fully saturated rings. The van der Waals surface area contributed by atoms with Gasteiger partial charge in [-0.2, -0.15) is 0 Å². The van der Waals surface area contributed by atoms with Crippen LogP contribution in [0.3, 0.4) is 0 Å². The van der Waals surface area contributed by atoms with E-state index >= 15 is 0 Å². The second-order valence-electron chi connectivity index (χ2n) is 5.35. The van der Waals surface area contributed by atoms with E-state index in [0.29, 0.717) is 18.6 Å². The van der Waals surface area contributed by atoms with Crippen molar-refractivity contribution in [3.05, 3.63) is 29.6 Å². The molecule has 0 saturated heterocycles. The van der Waals surface area contributed by atoms with Crippen molar-refractivity contribution in [2.45, 2.75) is 71.6 Å². The number of hydrogen-bond donors (Lipinski definition) is 0. The molecule has 0 amide bonds. The lowest BCUT2D eigenvalue weighted by molar-refractivity contribution is -0.118. The highest BCUT2D eigenvalue weighted by Gasteiger charge is 2.06. The van der Waals surface area contributed by atoms with Gasteiger partial charge in [0.2, 0.25) is 0 Å². The number of aryl methyl sites for hydroxylation is 1. The third-order valence-electron chi connectivity index (χ3n) is 3.54. The fourth-order valence-corrected chi connectivity index (χ4v) is 2.26. The highest BCUT2D eigenvalue weighted by Crippen LogP contribution is 2.10. The Morgan fingerprint density at radius 2 is 1.79 bits per heavy atom. The zero-order valence-corrected chi connectivity index (χ0v) is 12.5. The standard InChI is InChI=1S/C17H27NO/c1-3-4-5-6-7-8-9-12-16(19)14-17-15(2)11-10-13-18-17/h10-11,13H,3-9,12,14H2,1-2H3. The quantitative estimate of drug-likeness (QED) is 0.574. The van der Waals surface area contributed by atoms with Crippen molar-refractivity contribution < 1.29 is 4.79 Å². The van der Waals surface area contributed by atoms with Gasteiger partial charge < -0.3 is 0 Å². The number of unbranched alkanes of at least 4 members (excludes halogenated alkanes) is 6. The lowest BCUT2D eigenvalue weighted by atomic mass is 10.0. The van der Waals surface area contributed by atoms with Crippen molar-refractivity contribution in [3.8, 4) is 0 Å². The number of rotatable bonds is 10. The molecule has 0 atom stereocenters. The van der Waals surface area contributed by atoms with Crippen molar-refractivity contribution in [2.75, 3.05) is 0 Å². The second-order valence-corrected chi connectivity index (χ2v) is 5.35. The minimum absolute atomic E-state index is 0.329. The summed E-state index contributed by atoms with van der Waals surface area (Å²) in [5, 5.41) is 0. The summed E-state index contributed by atoms with van der Waals surface area (Å²) in [6.07, 6.45) is 11.8. The molecule has 1 aromatic heterocycles. The molecule has 1 heterocycles. The second kappa shape index (κ2) is 9.71. The summed E-state index contributed by atoms with van der Waals surface area (Å²) < 4.78 is 0. The van der Waals surface area contributed by atoms with E-state index < -0.39 is 0 Å². The van der Waals surface area contributed by atoms with Crippen molar-refractivity contribution in [1.82, 2.24) is 4.98 Å². The Morgan fingerprint density at radius 1 is 1.11 bits per heavy atom. The van der Waals surface area contributed by atoms with Crippen LogP contribution < -0.4 is 0 Å². The van der Waals surface area contributed by atoms with Gasteiger partial charge in [-0.25, -0.2) is 0 Å². The van der Waals surface area contributed by atoms with Crippen molar-refractivity contribution in [1.29, 1.82) is 0 Å². The van der Waals surface area contributed by atoms with Gasteiger partial charge in [-0.15, -0.1) is 0 Å². The molecule has 2 nitrogen and oxygen atoms in total. The average molecular weight is 261 g/mol. The molecule has 2 heteroatoms. The maximum Gasteiger partial charge on any atom is 0.138 e. The molecule has 1 rings (SSSR count). The van der Waals surface area contributed by atoms with Crippen LogP contribution in [0.4, 0.5) is 0 Å². The molecule has 0 aromatic carbocycles. The molecule has 0 aliphatic rings. The Kier molecular flexibility index (Phi) is 8.11. The van der Waals surface area contributed by atoms with Gasteiger partial charge in [0.25, 0.3) is 0 Å². The molecule has 0 N–H and O–H groups in total. The van der Waals surface area contributed by atoms with Gasteiger partial charge in [0.1, 0.15) is 5.78 Å². The van der Waals surface area contributed by atoms with Crippen LogP contribution in [-0.2, 0) is 11.2 Å². The van der Waals surface area contributed by atoms with Gasteiger partial charge in [-0.1, -0.05) is 51.5 Å². The molecule has 0 saturated carbocycles. The Hall–Kier alpha value is -1.18. The molecule has 106 valence electrons. The normalized spacial score (nSPS) is 10.6. The largest absolute Gasteiger partial charge is 0.299 e. The van der Waals surface area contributed by atoms with Crippen molar-refractivity contribution >= 4 is 5.78 Å². The third kappa shape index (κ3) is 7.09. The molecular weight excluding hydrogens is 234 g/mol. The summed E-state index contributed by atoms with van der Waals surface area (Å²) in [5.74, 6) is 0.329. The summed E-state index contributed by atoms with van der Waals surface area (Å²) in [4.78, 5) is 16.1. The number of aromatic nitrogens is 1. The molecule has 1 aromatic rings. The fraction of sp³-hybridized carbons (Fsp3) is 0.647. The monoisotopic (exact) mass is 261 g/mol. The van der Waals surface area contributed by atoms with Crippen LogP contribution in [0.25, 0.3) is 0 Å². The summed E-state index contributed by atoms with van der Waals surface area (Å²) in [7, 11) is 0. The molecule has 0 unspecified atom stereocenters. The van der Waals surface area contributed by atoms with Gasteiger partial charge in [0, 0.05) is 19.0 Å². The molecule has 0 radical (unpaired) electrons. The maximum atomic E-state index is 11.9. The number of nitrogens with zero attached hydrogens (tertiary/aromatic N) is 1. The summed E-state index contributed by atoms with van der Waals surface area (Å²) in [5.41, 5.74) is 2.06. The third-order valence-corrected chi connectivity index (χ3v) is 3.54. The first kappa shape index (κ1) is 15.9. The molecule has 0 spiro atoms. The van der Waals surface area contributed by atoms with Gasteiger partial charge in [0.15, 0.2) is 0 Å². The number of hydrogen-bond acceptors (Lipinski definition) is 2. The van der Waals surface area contributed by atoms with E-state index in [1.54, 1.807) is 6.20 Å². The first-order chi connectivity index (χ1) is 9.24. The Morgan fingerprint density at radius 3 is 2.47 bits per heavy atom. The lowest BCUT2D eigenvalue weighted by Crippen LogP contribution is -2.05.